The van der Waals surface area contributed by atoms with Crippen molar-refractivity contribution in [1.82, 2.24) is 15.5 Å². The summed E-state index contributed by atoms with van der Waals surface area (Å²) in [5, 5.41) is 6.49. The van der Waals surface area contributed by atoms with Gasteiger partial charge in [-0.2, -0.15) is 0 Å². The molecule has 3 rings (SSSR count). The molecule has 0 radical (unpaired) electrons. The molecule has 1 aromatic rings. The second-order valence-corrected chi connectivity index (χ2v) is 6.42. The van der Waals surface area contributed by atoms with E-state index >= 15 is 0 Å². The lowest BCUT2D eigenvalue weighted by atomic mass is 9.94. The van der Waals surface area contributed by atoms with Gasteiger partial charge in [0.2, 0.25) is 5.91 Å². The Morgan fingerprint density at radius 1 is 1.27 bits per heavy atom. The molecule has 0 bridgehead atoms. The van der Waals surface area contributed by atoms with Crippen molar-refractivity contribution in [3.8, 4) is 0 Å². The van der Waals surface area contributed by atoms with Gasteiger partial charge in [0, 0.05) is 30.2 Å². The van der Waals surface area contributed by atoms with Gasteiger partial charge in [0.15, 0.2) is 0 Å². The van der Waals surface area contributed by atoms with E-state index in [1.807, 2.05) is 0 Å². The predicted molar refractivity (Wildman–Crippen MR) is 84.3 cm³/mol. The Hall–Kier alpha value is -1.17. The van der Waals surface area contributed by atoms with Gasteiger partial charge in [-0.1, -0.05) is 17.7 Å². The van der Waals surface area contributed by atoms with Crippen LogP contribution in [0.5, 0.6) is 0 Å². The van der Waals surface area contributed by atoms with Crippen molar-refractivity contribution in [3.63, 3.8) is 0 Å². The molecule has 2 saturated heterocycles. The number of hydrogen-bond donors (Lipinski definition) is 2. The van der Waals surface area contributed by atoms with Crippen molar-refractivity contribution < 1.29 is 9.18 Å². The summed E-state index contributed by atoms with van der Waals surface area (Å²) < 4.78 is 14.3. The zero-order chi connectivity index (χ0) is 15.5. The van der Waals surface area contributed by atoms with E-state index in [4.69, 9.17) is 11.6 Å². The Kier molecular flexibility index (Phi) is 4.96. The SMILES string of the molecule is O=C1NCCN(CC2CCNCC2)C1c1c(F)cccc1Cl. The van der Waals surface area contributed by atoms with Crippen LogP contribution in [0.3, 0.4) is 0 Å². The molecule has 2 heterocycles. The maximum atomic E-state index is 14.3. The highest BCUT2D eigenvalue weighted by Crippen LogP contribution is 2.32. The number of piperidine rings is 1. The van der Waals surface area contributed by atoms with Crippen LogP contribution in [0.15, 0.2) is 18.2 Å². The number of amides is 1. The van der Waals surface area contributed by atoms with E-state index in [-0.39, 0.29) is 5.91 Å². The molecular formula is C16H21ClFN3O. The van der Waals surface area contributed by atoms with E-state index in [0.29, 0.717) is 23.0 Å². The molecule has 0 aromatic heterocycles. The normalized spacial score (nSPS) is 24.3. The lowest BCUT2D eigenvalue weighted by Gasteiger charge is -2.38. The second-order valence-electron chi connectivity index (χ2n) is 6.02. The smallest absolute Gasteiger partial charge is 0.242 e. The van der Waals surface area contributed by atoms with Crippen molar-refractivity contribution >= 4 is 17.5 Å². The van der Waals surface area contributed by atoms with Crippen LogP contribution in [-0.4, -0.2) is 43.5 Å². The molecule has 2 aliphatic rings. The first-order chi connectivity index (χ1) is 10.7. The number of carbonyl (C=O) groups excluding carboxylic acids is 1. The maximum Gasteiger partial charge on any atom is 0.242 e. The molecule has 1 aromatic carbocycles. The van der Waals surface area contributed by atoms with Gasteiger partial charge in [-0.15, -0.1) is 0 Å². The van der Waals surface area contributed by atoms with E-state index < -0.39 is 11.9 Å². The van der Waals surface area contributed by atoms with E-state index in [2.05, 4.69) is 15.5 Å². The Balaban J connectivity index is 1.85. The van der Waals surface area contributed by atoms with Gasteiger partial charge in [0.1, 0.15) is 11.9 Å². The topological polar surface area (TPSA) is 44.4 Å². The number of rotatable bonds is 3. The Labute approximate surface area is 135 Å². The summed E-state index contributed by atoms with van der Waals surface area (Å²) in [6.07, 6.45) is 2.19. The molecule has 0 spiro atoms. The van der Waals surface area contributed by atoms with E-state index in [0.717, 1.165) is 39.0 Å². The summed E-state index contributed by atoms with van der Waals surface area (Å²) in [5.74, 6) is -0.0303. The third-order valence-electron chi connectivity index (χ3n) is 4.54. The second kappa shape index (κ2) is 6.94. The van der Waals surface area contributed by atoms with Crippen molar-refractivity contribution in [2.45, 2.75) is 18.9 Å². The van der Waals surface area contributed by atoms with E-state index in [9.17, 15) is 9.18 Å². The monoisotopic (exact) mass is 325 g/mol. The third-order valence-corrected chi connectivity index (χ3v) is 4.87. The van der Waals surface area contributed by atoms with Gasteiger partial charge in [0.05, 0.1) is 0 Å². The molecule has 120 valence electrons. The molecule has 0 aliphatic carbocycles. The fourth-order valence-electron chi connectivity index (χ4n) is 3.39. The minimum absolute atomic E-state index is 0.160. The van der Waals surface area contributed by atoms with Crippen LogP contribution in [0.2, 0.25) is 5.02 Å². The van der Waals surface area contributed by atoms with Gasteiger partial charge in [0.25, 0.3) is 0 Å². The van der Waals surface area contributed by atoms with Crippen molar-refractivity contribution in [2.24, 2.45) is 5.92 Å². The number of piperazine rings is 1. The quantitative estimate of drug-likeness (QED) is 0.893. The molecule has 4 nitrogen and oxygen atoms in total. The van der Waals surface area contributed by atoms with Crippen molar-refractivity contribution in [3.05, 3.63) is 34.6 Å². The summed E-state index contributed by atoms with van der Waals surface area (Å²) >= 11 is 6.18. The van der Waals surface area contributed by atoms with Crippen LogP contribution in [0, 0.1) is 11.7 Å². The molecule has 1 unspecified atom stereocenters. The Morgan fingerprint density at radius 2 is 2.05 bits per heavy atom. The predicted octanol–water partition coefficient (Wildman–Crippen LogP) is 1.95. The molecule has 22 heavy (non-hydrogen) atoms. The van der Waals surface area contributed by atoms with E-state index in [1.54, 1.807) is 12.1 Å². The first kappa shape index (κ1) is 15.7. The highest BCUT2D eigenvalue weighted by molar-refractivity contribution is 6.31. The zero-order valence-corrected chi connectivity index (χ0v) is 13.2. The Bertz CT molecular complexity index is 528. The average Bonchev–Trinajstić information content (AvgIpc) is 2.50. The summed E-state index contributed by atoms with van der Waals surface area (Å²) in [6, 6.07) is 3.95. The van der Waals surface area contributed by atoms with Gasteiger partial charge >= 0.3 is 0 Å². The number of carbonyl (C=O) groups is 1. The number of hydrogen-bond acceptors (Lipinski definition) is 3. The summed E-state index contributed by atoms with van der Waals surface area (Å²) in [5.41, 5.74) is 0.301. The molecule has 6 heteroatoms. The fraction of sp³-hybridized carbons (Fsp3) is 0.562. The first-order valence-corrected chi connectivity index (χ1v) is 8.21. The zero-order valence-electron chi connectivity index (χ0n) is 12.4. The van der Waals surface area contributed by atoms with Gasteiger partial charge in [-0.05, 0) is 44.0 Å². The van der Waals surface area contributed by atoms with Crippen LogP contribution in [0.25, 0.3) is 0 Å². The van der Waals surface area contributed by atoms with E-state index in [1.165, 1.54) is 6.07 Å². The van der Waals surface area contributed by atoms with Crippen LogP contribution < -0.4 is 10.6 Å². The fourth-order valence-corrected chi connectivity index (χ4v) is 3.66. The van der Waals surface area contributed by atoms with Gasteiger partial charge < -0.3 is 10.6 Å². The van der Waals surface area contributed by atoms with Gasteiger partial charge in [-0.25, -0.2) is 4.39 Å². The van der Waals surface area contributed by atoms with Crippen molar-refractivity contribution in [1.29, 1.82) is 0 Å². The average molecular weight is 326 g/mol. The molecule has 0 saturated carbocycles. The third kappa shape index (κ3) is 3.26. The summed E-state index contributed by atoms with van der Waals surface area (Å²) in [6.45, 7) is 4.16. The largest absolute Gasteiger partial charge is 0.353 e. The minimum Gasteiger partial charge on any atom is -0.353 e. The van der Waals surface area contributed by atoms with Crippen LogP contribution in [-0.2, 0) is 4.79 Å². The van der Waals surface area contributed by atoms with Gasteiger partial charge in [-0.3, -0.25) is 9.69 Å². The molecular weight excluding hydrogens is 305 g/mol. The molecule has 2 fully saturated rings. The van der Waals surface area contributed by atoms with Crippen LogP contribution >= 0.6 is 11.6 Å². The summed E-state index contributed by atoms with van der Waals surface area (Å²) in [4.78, 5) is 14.4. The van der Waals surface area contributed by atoms with Crippen molar-refractivity contribution in [2.75, 3.05) is 32.7 Å². The standard InChI is InChI=1S/C16H21ClFN3O/c17-12-2-1-3-13(18)14(12)15-16(22)20-8-9-21(15)10-11-4-6-19-7-5-11/h1-3,11,15,19H,4-10H2,(H,20,22). The lowest BCUT2D eigenvalue weighted by Crippen LogP contribution is -2.52. The molecule has 1 amide bonds. The molecule has 2 aliphatic heterocycles. The maximum absolute atomic E-state index is 14.3. The minimum atomic E-state index is -0.627. The van der Waals surface area contributed by atoms with Crippen LogP contribution in [0.1, 0.15) is 24.4 Å². The Morgan fingerprint density at radius 3 is 2.77 bits per heavy atom. The number of halogens is 2. The van der Waals surface area contributed by atoms with Crippen LogP contribution in [0.4, 0.5) is 4.39 Å². The number of benzene rings is 1. The first-order valence-electron chi connectivity index (χ1n) is 7.83. The highest BCUT2D eigenvalue weighted by atomic mass is 35.5. The molecule has 2 N–H and O–H groups in total. The highest BCUT2D eigenvalue weighted by Gasteiger charge is 2.35. The number of nitrogens with one attached hydrogen (secondary N) is 2. The number of nitrogens with zero attached hydrogens (tertiary/aromatic N) is 1. The molecule has 1 atom stereocenters. The lowest BCUT2D eigenvalue weighted by molar-refractivity contribution is -0.129. The summed E-state index contributed by atoms with van der Waals surface area (Å²) in [7, 11) is 0.